The molecule has 0 fully saturated rings. The van der Waals surface area contributed by atoms with Crippen LogP contribution in [0.5, 0.6) is 0 Å². The van der Waals surface area contributed by atoms with Crippen molar-refractivity contribution in [1.82, 2.24) is 0 Å². The van der Waals surface area contributed by atoms with E-state index >= 15 is 0 Å². The Labute approximate surface area is 78.1 Å². The highest BCUT2D eigenvalue weighted by Gasteiger charge is 2.29. The van der Waals surface area contributed by atoms with Crippen molar-refractivity contribution in [3.05, 3.63) is 21.9 Å². The van der Waals surface area contributed by atoms with Gasteiger partial charge in [0.1, 0.15) is 0 Å². The highest BCUT2D eigenvalue weighted by molar-refractivity contribution is 7.10. The zero-order valence-electron chi connectivity index (χ0n) is 8.09. The molecular weight excluding hydrogens is 168 g/mol. The highest BCUT2D eigenvalue weighted by atomic mass is 32.1. The molecule has 1 N–H and O–H groups in total. The summed E-state index contributed by atoms with van der Waals surface area (Å²) in [5.74, 6) is 0.259. The maximum atomic E-state index is 10.1. The van der Waals surface area contributed by atoms with Crippen molar-refractivity contribution >= 4 is 11.3 Å². The van der Waals surface area contributed by atoms with Crippen molar-refractivity contribution in [3.8, 4) is 0 Å². The van der Waals surface area contributed by atoms with Crippen molar-refractivity contribution in [3.63, 3.8) is 0 Å². The lowest BCUT2D eigenvalue weighted by molar-refractivity contribution is 0.0121. The predicted molar refractivity (Wildman–Crippen MR) is 53.5 cm³/mol. The minimum Gasteiger partial charge on any atom is -0.384 e. The molecule has 0 unspecified atom stereocenters. The molecule has 1 nitrogen and oxygen atoms in total. The SMILES string of the molecule is Cc1ccsc1[C@](C)(O)C(C)C. The molecule has 68 valence electrons. The molecular formula is C10H16OS. The van der Waals surface area contributed by atoms with Crippen LogP contribution in [-0.2, 0) is 5.60 Å². The normalized spacial score (nSPS) is 16.5. The third-order valence-electron chi connectivity index (χ3n) is 2.45. The van der Waals surface area contributed by atoms with Gasteiger partial charge in [-0.2, -0.15) is 0 Å². The topological polar surface area (TPSA) is 20.2 Å². The van der Waals surface area contributed by atoms with E-state index in [4.69, 9.17) is 0 Å². The van der Waals surface area contributed by atoms with E-state index in [2.05, 4.69) is 6.07 Å². The highest BCUT2D eigenvalue weighted by Crippen LogP contribution is 2.34. The van der Waals surface area contributed by atoms with Crippen LogP contribution in [0.25, 0.3) is 0 Å². The van der Waals surface area contributed by atoms with E-state index in [9.17, 15) is 5.11 Å². The van der Waals surface area contributed by atoms with Crippen LogP contribution in [-0.4, -0.2) is 5.11 Å². The van der Waals surface area contributed by atoms with Crippen LogP contribution >= 0.6 is 11.3 Å². The second kappa shape index (κ2) is 3.19. The van der Waals surface area contributed by atoms with Crippen molar-refractivity contribution in [2.75, 3.05) is 0 Å². The van der Waals surface area contributed by atoms with Gasteiger partial charge in [-0.15, -0.1) is 11.3 Å². The average molecular weight is 184 g/mol. The lowest BCUT2D eigenvalue weighted by Crippen LogP contribution is -2.27. The summed E-state index contributed by atoms with van der Waals surface area (Å²) in [6.45, 7) is 8.01. The molecule has 0 aliphatic carbocycles. The Hall–Kier alpha value is -0.340. The quantitative estimate of drug-likeness (QED) is 0.749. The Morgan fingerprint density at radius 1 is 1.50 bits per heavy atom. The van der Waals surface area contributed by atoms with E-state index < -0.39 is 5.60 Å². The van der Waals surface area contributed by atoms with Crippen LogP contribution < -0.4 is 0 Å². The number of hydrogen-bond donors (Lipinski definition) is 1. The summed E-state index contributed by atoms with van der Waals surface area (Å²) in [5.41, 5.74) is 0.525. The fourth-order valence-corrected chi connectivity index (χ4v) is 2.29. The first-order valence-corrected chi connectivity index (χ1v) is 5.11. The second-order valence-corrected chi connectivity index (χ2v) is 4.65. The molecule has 1 rings (SSSR count). The van der Waals surface area contributed by atoms with Crippen molar-refractivity contribution < 1.29 is 5.11 Å². The number of hydrogen-bond acceptors (Lipinski definition) is 2. The third-order valence-corrected chi connectivity index (χ3v) is 3.69. The van der Waals surface area contributed by atoms with Crippen LogP contribution in [0.4, 0.5) is 0 Å². The van der Waals surface area contributed by atoms with Gasteiger partial charge in [-0.05, 0) is 36.8 Å². The second-order valence-electron chi connectivity index (χ2n) is 3.73. The summed E-state index contributed by atoms with van der Waals surface area (Å²) in [5, 5.41) is 12.2. The zero-order valence-corrected chi connectivity index (χ0v) is 8.90. The van der Waals surface area contributed by atoms with Crippen molar-refractivity contribution in [2.24, 2.45) is 5.92 Å². The first kappa shape index (κ1) is 9.75. The van der Waals surface area contributed by atoms with Crippen LogP contribution in [0.1, 0.15) is 31.2 Å². The lowest BCUT2D eigenvalue weighted by atomic mass is 9.89. The van der Waals surface area contributed by atoms with Gasteiger partial charge in [0.25, 0.3) is 0 Å². The van der Waals surface area contributed by atoms with Gasteiger partial charge < -0.3 is 5.11 Å². The predicted octanol–water partition coefficient (Wildman–Crippen LogP) is 2.92. The van der Waals surface area contributed by atoms with Gasteiger partial charge in [-0.3, -0.25) is 0 Å². The van der Waals surface area contributed by atoms with Crippen LogP contribution in [0.3, 0.4) is 0 Å². The molecule has 1 aromatic rings. The number of rotatable bonds is 2. The molecule has 1 atom stereocenters. The van der Waals surface area contributed by atoms with Gasteiger partial charge in [0, 0.05) is 4.88 Å². The largest absolute Gasteiger partial charge is 0.384 e. The van der Waals surface area contributed by atoms with Crippen LogP contribution in [0.15, 0.2) is 11.4 Å². The summed E-state index contributed by atoms with van der Waals surface area (Å²) < 4.78 is 0. The fourth-order valence-electron chi connectivity index (χ4n) is 1.15. The van der Waals surface area contributed by atoms with E-state index in [1.165, 1.54) is 5.56 Å². The van der Waals surface area contributed by atoms with Gasteiger partial charge >= 0.3 is 0 Å². The number of thiophene rings is 1. The number of aliphatic hydroxyl groups is 1. The van der Waals surface area contributed by atoms with Crippen molar-refractivity contribution in [2.45, 2.75) is 33.3 Å². The van der Waals surface area contributed by atoms with E-state index in [1.807, 2.05) is 33.1 Å². The van der Waals surface area contributed by atoms with Crippen molar-refractivity contribution in [1.29, 1.82) is 0 Å². The third kappa shape index (κ3) is 1.54. The smallest absolute Gasteiger partial charge is 0.0985 e. The molecule has 0 aliphatic rings. The molecule has 1 aromatic heterocycles. The summed E-state index contributed by atoms with van der Waals surface area (Å²) in [6.07, 6.45) is 0. The summed E-state index contributed by atoms with van der Waals surface area (Å²) >= 11 is 1.63. The summed E-state index contributed by atoms with van der Waals surface area (Å²) in [4.78, 5) is 1.09. The molecule has 1 heterocycles. The standard InChI is InChI=1S/C10H16OS/c1-7(2)10(4,11)9-8(3)5-6-12-9/h5-7,11H,1-4H3/t10-/m1/s1. The Morgan fingerprint density at radius 2 is 2.08 bits per heavy atom. The molecule has 0 spiro atoms. The lowest BCUT2D eigenvalue weighted by Gasteiger charge is -2.27. The molecule has 2 heteroatoms. The Morgan fingerprint density at radius 3 is 2.42 bits per heavy atom. The van der Waals surface area contributed by atoms with Gasteiger partial charge in [-0.1, -0.05) is 13.8 Å². The Kier molecular flexibility index (Phi) is 2.59. The van der Waals surface area contributed by atoms with Gasteiger partial charge in [0.05, 0.1) is 5.60 Å². The minimum atomic E-state index is -0.668. The Bertz CT molecular complexity index is 261. The van der Waals surface area contributed by atoms with E-state index in [0.29, 0.717) is 0 Å². The maximum Gasteiger partial charge on any atom is 0.0985 e. The molecule has 0 bridgehead atoms. The summed E-state index contributed by atoms with van der Waals surface area (Å²) in [7, 11) is 0. The molecule has 0 amide bonds. The van der Waals surface area contributed by atoms with Crippen LogP contribution in [0, 0.1) is 12.8 Å². The molecule has 0 aliphatic heterocycles. The molecule has 12 heavy (non-hydrogen) atoms. The molecule has 0 radical (unpaired) electrons. The maximum absolute atomic E-state index is 10.1. The van der Waals surface area contributed by atoms with E-state index in [1.54, 1.807) is 11.3 Å². The number of aryl methyl sites for hydroxylation is 1. The first-order valence-electron chi connectivity index (χ1n) is 4.23. The average Bonchev–Trinajstić information content (AvgIpc) is 2.35. The van der Waals surface area contributed by atoms with Gasteiger partial charge in [0.15, 0.2) is 0 Å². The molecule has 0 aromatic carbocycles. The minimum absolute atomic E-state index is 0.259. The van der Waals surface area contributed by atoms with Gasteiger partial charge in [0.2, 0.25) is 0 Å². The van der Waals surface area contributed by atoms with Gasteiger partial charge in [-0.25, -0.2) is 0 Å². The fraction of sp³-hybridized carbons (Fsp3) is 0.600. The molecule has 0 saturated carbocycles. The van der Waals surface area contributed by atoms with E-state index in [0.717, 1.165) is 4.88 Å². The monoisotopic (exact) mass is 184 g/mol. The first-order chi connectivity index (χ1) is 5.46. The van der Waals surface area contributed by atoms with E-state index in [-0.39, 0.29) is 5.92 Å². The summed E-state index contributed by atoms with van der Waals surface area (Å²) in [6, 6.07) is 2.05. The van der Waals surface area contributed by atoms with Crippen LogP contribution in [0.2, 0.25) is 0 Å². The Balaban J connectivity index is 3.05. The zero-order chi connectivity index (χ0) is 9.35. The molecule has 0 saturated heterocycles.